The molecule has 0 radical (unpaired) electrons. The van der Waals surface area contributed by atoms with Crippen LogP contribution in [0.2, 0.25) is 0 Å². The Hall–Kier alpha value is -2.49. The number of rotatable bonds is 3. The molecule has 4 nitrogen and oxygen atoms in total. The number of esters is 1. The molecule has 2 aromatic carbocycles. The van der Waals surface area contributed by atoms with Crippen molar-refractivity contribution >= 4 is 23.0 Å². The van der Waals surface area contributed by atoms with Gasteiger partial charge in [0.1, 0.15) is 0 Å². The van der Waals surface area contributed by atoms with Gasteiger partial charge in [-0.05, 0) is 55.3 Å². The van der Waals surface area contributed by atoms with Gasteiger partial charge in [-0.25, -0.2) is 4.79 Å². The summed E-state index contributed by atoms with van der Waals surface area (Å²) in [5.41, 5.74) is 11.3. The number of carbonyl (C=O) groups excluding carboxylic acids is 1. The Morgan fingerprint density at radius 2 is 1.71 bits per heavy atom. The first kappa shape index (κ1) is 14.9. The van der Waals surface area contributed by atoms with Crippen molar-refractivity contribution in [1.29, 1.82) is 0 Å². The lowest BCUT2D eigenvalue weighted by atomic mass is 10.1. The lowest BCUT2D eigenvalue weighted by molar-refractivity contribution is 0.0601. The fourth-order valence-electron chi connectivity index (χ4n) is 2.36. The fourth-order valence-corrected chi connectivity index (χ4v) is 2.36. The molecule has 0 fully saturated rings. The van der Waals surface area contributed by atoms with Crippen LogP contribution in [0.4, 0.5) is 17.1 Å². The zero-order valence-electron chi connectivity index (χ0n) is 12.8. The average molecular weight is 284 g/mol. The Kier molecular flexibility index (Phi) is 4.17. The molecule has 2 N–H and O–H groups in total. The number of hydrogen-bond acceptors (Lipinski definition) is 4. The first-order valence-corrected chi connectivity index (χ1v) is 6.72. The molecular formula is C17H20N2O2. The molecule has 2 aromatic rings. The maximum Gasteiger partial charge on any atom is 0.337 e. The van der Waals surface area contributed by atoms with Crippen LogP contribution in [0, 0.1) is 13.8 Å². The van der Waals surface area contributed by atoms with Crippen molar-refractivity contribution < 1.29 is 9.53 Å². The van der Waals surface area contributed by atoms with E-state index in [-0.39, 0.29) is 5.97 Å². The van der Waals surface area contributed by atoms with Crippen LogP contribution >= 0.6 is 0 Å². The summed E-state index contributed by atoms with van der Waals surface area (Å²) in [5, 5.41) is 0. The van der Waals surface area contributed by atoms with Crippen LogP contribution < -0.4 is 10.6 Å². The standard InChI is InChI=1S/C17H20N2O2/c1-11-7-12(2)9-14(8-11)19(3)16-10-13(17(20)21-4)5-6-15(16)18/h5-10H,18H2,1-4H3. The van der Waals surface area contributed by atoms with Crippen molar-refractivity contribution in [3.8, 4) is 0 Å². The summed E-state index contributed by atoms with van der Waals surface area (Å²) in [6, 6.07) is 11.4. The Labute approximate surface area is 125 Å². The highest BCUT2D eigenvalue weighted by molar-refractivity contribution is 5.92. The van der Waals surface area contributed by atoms with Gasteiger partial charge in [0.2, 0.25) is 0 Å². The van der Waals surface area contributed by atoms with Crippen molar-refractivity contribution in [2.24, 2.45) is 0 Å². The van der Waals surface area contributed by atoms with E-state index < -0.39 is 0 Å². The maximum atomic E-state index is 11.7. The number of nitrogens with two attached hydrogens (primary N) is 1. The minimum atomic E-state index is -0.370. The summed E-state index contributed by atoms with van der Waals surface area (Å²) >= 11 is 0. The molecule has 0 saturated carbocycles. The number of carbonyl (C=O) groups is 1. The second-order valence-electron chi connectivity index (χ2n) is 5.17. The van der Waals surface area contributed by atoms with E-state index in [0.29, 0.717) is 11.3 Å². The second-order valence-corrected chi connectivity index (χ2v) is 5.17. The normalized spacial score (nSPS) is 10.3. The quantitative estimate of drug-likeness (QED) is 0.693. The zero-order valence-corrected chi connectivity index (χ0v) is 12.8. The lowest BCUT2D eigenvalue weighted by Crippen LogP contribution is -2.13. The van der Waals surface area contributed by atoms with E-state index in [4.69, 9.17) is 10.5 Å². The van der Waals surface area contributed by atoms with Gasteiger partial charge in [0.15, 0.2) is 0 Å². The van der Waals surface area contributed by atoms with Gasteiger partial charge in [-0.15, -0.1) is 0 Å². The van der Waals surface area contributed by atoms with Gasteiger partial charge < -0.3 is 15.4 Å². The van der Waals surface area contributed by atoms with Crippen LogP contribution in [-0.4, -0.2) is 20.1 Å². The maximum absolute atomic E-state index is 11.7. The van der Waals surface area contributed by atoms with Gasteiger partial charge in [-0.2, -0.15) is 0 Å². The van der Waals surface area contributed by atoms with Gasteiger partial charge in [0, 0.05) is 12.7 Å². The summed E-state index contributed by atoms with van der Waals surface area (Å²) < 4.78 is 4.76. The number of ether oxygens (including phenoxy) is 1. The van der Waals surface area contributed by atoms with Gasteiger partial charge in [-0.1, -0.05) is 6.07 Å². The molecule has 0 aliphatic carbocycles. The molecule has 0 aliphatic heterocycles. The van der Waals surface area contributed by atoms with Crippen LogP contribution in [-0.2, 0) is 4.74 Å². The van der Waals surface area contributed by atoms with Crippen LogP contribution in [0.1, 0.15) is 21.5 Å². The van der Waals surface area contributed by atoms with E-state index in [1.54, 1.807) is 18.2 Å². The Balaban J connectivity index is 2.46. The van der Waals surface area contributed by atoms with Crippen molar-refractivity contribution in [2.75, 3.05) is 24.8 Å². The number of nitrogen functional groups attached to an aromatic ring is 1. The highest BCUT2D eigenvalue weighted by Gasteiger charge is 2.13. The van der Waals surface area contributed by atoms with Crippen LogP contribution in [0.15, 0.2) is 36.4 Å². The lowest BCUT2D eigenvalue weighted by Gasteiger charge is -2.23. The number of hydrogen-bond donors (Lipinski definition) is 1. The van der Waals surface area contributed by atoms with Crippen LogP contribution in [0.3, 0.4) is 0 Å². The Morgan fingerprint density at radius 3 is 2.29 bits per heavy atom. The first-order chi connectivity index (χ1) is 9.92. The number of aryl methyl sites for hydroxylation is 2. The van der Waals surface area contributed by atoms with Gasteiger partial charge in [0.05, 0.1) is 24.0 Å². The molecule has 0 aromatic heterocycles. The monoisotopic (exact) mass is 284 g/mol. The Bertz CT molecular complexity index is 660. The van der Waals surface area contributed by atoms with E-state index in [1.165, 1.54) is 18.2 Å². The van der Waals surface area contributed by atoms with Crippen molar-refractivity contribution in [1.82, 2.24) is 0 Å². The minimum absolute atomic E-state index is 0.370. The molecule has 0 aliphatic rings. The molecule has 0 atom stereocenters. The molecular weight excluding hydrogens is 264 g/mol. The fraction of sp³-hybridized carbons (Fsp3) is 0.235. The predicted octanol–water partition coefficient (Wildman–Crippen LogP) is 3.44. The van der Waals surface area contributed by atoms with E-state index >= 15 is 0 Å². The molecule has 0 amide bonds. The summed E-state index contributed by atoms with van der Waals surface area (Å²) in [7, 11) is 3.30. The van der Waals surface area contributed by atoms with Crippen molar-refractivity contribution in [3.63, 3.8) is 0 Å². The highest BCUT2D eigenvalue weighted by Crippen LogP contribution is 2.31. The average Bonchev–Trinajstić information content (AvgIpc) is 2.45. The minimum Gasteiger partial charge on any atom is -0.465 e. The molecule has 2 rings (SSSR count). The number of benzene rings is 2. The van der Waals surface area contributed by atoms with Crippen LogP contribution in [0.5, 0.6) is 0 Å². The van der Waals surface area contributed by atoms with Gasteiger partial charge >= 0.3 is 5.97 Å². The van der Waals surface area contributed by atoms with Crippen molar-refractivity contribution in [3.05, 3.63) is 53.1 Å². The number of methoxy groups -OCH3 is 1. The summed E-state index contributed by atoms with van der Waals surface area (Å²) in [5.74, 6) is -0.370. The predicted molar refractivity (Wildman–Crippen MR) is 86.2 cm³/mol. The van der Waals surface area contributed by atoms with Gasteiger partial charge in [-0.3, -0.25) is 0 Å². The number of nitrogens with zero attached hydrogens (tertiary/aromatic N) is 1. The third kappa shape index (κ3) is 3.16. The second kappa shape index (κ2) is 5.87. The molecule has 0 unspecified atom stereocenters. The smallest absolute Gasteiger partial charge is 0.337 e. The molecule has 21 heavy (non-hydrogen) atoms. The van der Waals surface area contributed by atoms with E-state index in [9.17, 15) is 4.79 Å². The topological polar surface area (TPSA) is 55.6 Å². The highest BCUT2D eigenvalue weighted by atomic mass is 16.5. The van der Waals surface area contributed by atoms with E-state index in [2.05, 4.69) is 32.0 Å². The SMILES string of the molecule is COC(=O)c1ccc(N)c(N(C)c2cc(C)cc(C)c2)c1. The molecule has 0 bridgehead atoms. The third-order valence-electron chi connectivity index (χ3n) is 3.41. The van der Waals surface area contributed by atoms with Crippen LogP contribution in [0.25, 0.3) is 0 Å². The summed E-state index contributed by atoms with van der Waals surface area (Å²) in [6.07, 6.45) is 0. The largest absolute Gasteiger partial charge is 0.465 e. The van der Waals surface area contributed by atoms with Gasteiger partial charge in [0.25, 0.3) is 0 Å². The third-order valence-corrected chi connectivity index (χ3v) is 3.41. The summed E-state index contributed by atoms with van der Waals surface area (Å²) in [6.45, 7) is 4.11. The van der Waals surface area contributed by atoms with Crippen molar-refractivity contribution in [2.45, 2.75) is 13.8 Å². The summed E-state index contributed by atoms with van der Waals surface area (Å²) in [4.78, 5) is 13.6. The molecule has 4 heteroatoms. The zero-order chi connectivity index (χ0) is 15.6. The molecule has 0 saturated heterocycles. The number of anilines is 3. The molecule has 110 valence electrons. The molecule has 0 heterocycles. The molecule has 0 spiro atoms. The van der Waals surface area contributed by atoms with E-state index in [0.717, 1.165) is 11.4 Å². The van der Waals surface area contributed by atoms with E-state index in [1.807, 2.05) is 11.9 Å². The first-order valence-electron chi connectivity index (χ1n) is 6.72. The Morgan fingerprint density at radius 1 is 1.10 bits per heavy atom.